The predicted molar refractivity (Wildman–Crippen MR) is 113 cm³/mol. The smallest absolute Gasteiger partial charge is 0.230 e. The third kappa shape index (κ3) is 4.41. The number of carbonyl (C=O) groups excluding carboxylic acids is 1. The number of hydrogen-bond donors (Lipinski definition) is 1. The summed E-state index contributed by atoms with van der Waals surface area (Å²) in [6, 6.07) is 7.87. The summed E-state index contributed by atoms with van der Waals surface area (Å²) in [4.78, 5) is 27.8. The zero-order chi connectivity index (χ0) is 18.6. The first kappa shape index (κ1) is 18.6. The number of halogens is 1. The second kappa shape index (κ2) is 8.53. The molecule has 3 aromatic rings. The molecule has 9 heteroatoms. The van der Waals surface area contributed by atoms with E-state index in [1.165, 1.54) is 30.9 Å². The van der Waals surface area contributed by atoms with Gasteiger partial charge in [0.25, 0.3) is 0 Å². The number of benzene rings is 1. The molecule has 0 saturated carbocycles. The summed E-state index contributed by atoms with van der Waals surface area (Å²) in [6.07, 6.45) is 3.94. The van der Waals surface area contributed by atoms with E-state index in [2.05, 4.69) is 41.1 Å². The predicted octanol–water partition coefficient (Wildman–Crippen LogP) is 3.86. The van der Waals surface area contributed by atoms with Gasteiger partial charge in [-0.3, -0.25) is 4.79 Å². The Labute approximate surface area is 173 Å². The van der Waals surface area contributed by atoms with Crippen molar-refractivity contribution in [3.63, 3.8) is 0 Å². The second-order valence-corrected chi connectivity index (χ2v) is 8.97. The number of thioether (sulfide) groups is 1. The molecule has 140 valence electrons. The molecule has 1 fully saturated rings. The van der Waals surface area contributed by atoms with Crippen molar-refractivity contribution < 1.29 is 4.79 Å². The van der Waals surface area contributed by atoms with Gasteiger partial charge < -0.3 is 10.2 Å². The quantitative estimate of drug-likeness (QED) is 0.442. The number of fused-ring (bicyclic) bond motifs is 1. The molecule has 1 aliphatic heterocycles. The Balaban J connectivity index is 1.39. The summed E-state index contributed by atoms with van der Waals surface area (Å²) >= 11 is 6.54. The molecule has 0 atom stereocenters. The molecule has 27 heavy (non-hydrogen) atoms. The van der Waals surface area contributed by atoms with Crippen LogP contribution in [0.2, 0.25) is 0 Å². The lowest BCUT2D eigenvalue weighted by molar-refractivity contribution is -0.118. The molecular formula is C18H18BrN5OS2. The Hall–Kier alpha value is -1.71. The normalized spacial score (nSPS) is 14.0. The summed E-state index contributed by atoms with van der Waals surface area (Å²) in [7, 11) is 0. The number of rotatable bonds is 6. The number of nitrogens with one attached hydrogen (secondary N) is 1. The van der Waals surface area contributed by atoms with Gasteiger partial charge in [0, 0.05) is 24.1 Å². The van der Waals surface area contributed by atoms with Gasteiger partial charge in [-0.2, -0.15) is 4.98 Å². The number of anilines is 1. The standard InChI is InChI=1S/C18H18BrN5OS2/c19-13-6-2-1-5-12(13)9-20-14(25)10-26-17-15-16(21-11-22-17)23-18(27-15)24-7-3-4-8-24/h1-2,5-6,11H,3-4,7-10H2,(H,20,25). The van der Waals surface area contributed by atoms with Crippen molar-refractivity contribution in [2.75, 3.05) is 23.7 Å². The van der Waals surface area contributed by atoms with Crippen molar-refractivity contribution in [2.45, 2.75) is 24.4 Å². The van der Waals surface area contributed by atoms with Crippen LogP contribution < -0.4 is 10.2 Å². The van der Waals surface area contributed by atoms with Gasteiger partial charge in [-0.15, -0.1) is 0 Å². The number of amides is 1. The maximum Gasteiger partial charge on any atom is 0.230 e. The fraction of sp³-hybridized carbons (Fsp3) is 0.333. The van der Waals surface area contributed by atoms with Gasteiger partial charge in [-0.1, -0.05) is 57.2 Å². The van der Waals surface area contributed by atoms with Crippen molar-refractivity contribution in [1.82, 2.24) is 20.3 Å². The molecule has 1 amide bonds. The van der Waals surface area contributed by atoms with Gasteiger partial charge >= 0.3 is 0 Å². The van der Waals surface area contributed by atoms with Crippen LogP contribution in [0.5, 0.6) is 0 Å². The molecule has 4 rings (SSSR count). The molecule has 1 N–H and O–H groups in total. The van der Waals surface area contributed by atoms with Gasteiger partial charge in [0.05, 0.1) is 5.75 Å². The highest BCUT2D eigenvalue weighted by molar-refractivity contribution is 9.10. The molecule has 0 unspecified atom stereocenters. The van der Waals surface area contributed by atoms with E-state index in [0.29, 0.717) is 17.9 Å². The van der Waals surface area contributed by atoms with E-state index < -0.39 is 0 Å². The minimum Gasteiger partial charge on any atom is -0.351 e. The van der Waals surface area contributed by atoms with Crippen molar-refractivity contribution in [3.8, 4) is 0 Å². The number of hydrogen-bond acceptors (Lipinski definition) is 7. The number of aromatic nitrogens is 3. The lowest BCUT2D eigenvalue weighted by Crippen LogP contribution is -2.24. The molecule has 0 bridgehead atoms. The molecule has 2 aromatic heterocycles. The van der Waals surface area contributed by atoms with Gasteiger partial charge in [-0.05, 0) is 24.5 Å². The zero-order valence-corrected chi connectivity index (χ0v) is 17.7. The van der Waals surface area contributed by atoms with E-state index in [1.54, 1.807) is 11.3 Å². The maximum absolute atomic E-state index is 12.2. The van der Waals surface area contributed by atoms with Crippen LogP contribution in [0.25, 0.3) is 10.3 Å². The van der Waals surface area contributed by atoms with Crippen LogP contribution in [0.1, 0.15) is 18.4 Å². The monoisotopic (exact) mass is 463 g/mol. The maximum atomic E-state index is 12.2. The first-order valence-electron chi connectivity index (χ1n) is 8.70. The SMILES string of the molecule is O=C(CSc1ncnc2nc(N3CCCC3)sc12)NCc1ccccc1Br. The number of nitrogens with zero attached hydrogens (tertiary/aromatic N) is 4. The van der Waals surface area contributed by atoms with Crippen LogP contribution >= 0.6 is 39.0 Å². The van der Waals surface area contributed by atoms with Crippen LogP contribution in [0.15, 0.2) is 40.1 Å². The van der Waals surface area contributed by atoms with Gasteiger partial charge in [-0.25, -0.2) is 9.97 Å². The van der Waals surface area contributed by atoms with Crippen molar-refractivity contribution in [1.29, 1.82) is 0 Å². The molecule has 6 nitrogen and oxygen atoms in total. The minimum absolute atomic E-state index is 0.0215. The Morgan fingerprint density at radius 1 is 1.26 bits per heavy atom. The highest BCUT2D eigenvalue weighted by atomic mass is 79.9. The molecule has 1 aliphatic rings. The lowest BCUT2D eigenvalue weighted by Gasteiger charge is -2.11. The first-order chi connectivity index (χ1) is 13.2. The molecule has 0 aliphatic carbocycles. The molecule has 0 radical (unpaired) electrons. The molecule has 1 saturated heterocycles. The lowest BCUT2D eigenvalue weighted by atomic mass is 10.2. The Bertz CT molecular complexity index is 958. The van der Waals surface area contributed by atoms with E-state index in [0.717, 1.165) is 38.0 Å². The average Bonchev–Trinajstić information content (AvgIpc) is 3.35. The molecule has 3 heterocycles. The third-order valence-electron chi connectivity index (χ3n) is 4.30. The number of thiazole rings is 1. The van der Waals surface area contributed by atoms with Crippen LogP contribution in [0.3, 0.4) is 0 Å². The Morgan fingerprint density at radius 2 is 2.07 bits per heavy atom. The molecule has 0 spiro atoms. The van der Waals surface area contributed by atoms with E-state index in [1.807, 2.05) is 24.3 Å². The van der Waals surface area contributed by atoms with Crippen LogP contribution in [-0.4, -0.2) is 39.7 Å². The number of carbonyl (C=O) groups is 1. The van der Waals surface area contributed by atoms with Crippen LogP contribution in [0, 0.1) is 0 Å². The summed E-state index contributed by atoms with van der Waals surface area (Å²) in [5, 5.41) is 4.78. The van der Waals surface area contributed by atoms with E-state index in [9.17, 15) is 4.79 Å². The van der Waals surface area contributed by atoms with Crippen LogP contribution in [0.4, 0.5) is 5.13 Å². The highest BCUT2D eigenvalue weighted by Gasteiger charge is 2.19. The third-order valence-corrected chi connectivity index (χ3v) is 7.30. The molecular weight excluding hydrogens is 446 g/mol. The minimum atomic E-state index is -0.0215. The van der Waals surface area contributed by atoms with E-state index in [4.69, 9.17) is 0 Å². The summed E-state index contributed by atoms with van der Waals surface area (Å²) in [5.41, 5.74) is 1.77. The Morgan fingerprint density at radius 3 is 2.89 bits per heavy atom. The Kier molecular flexibility index (Phi) is 5.89. The van der Waals surface area contributed by atoms with Gasteiger partial charge in [0.15, 0.2) is 10.8 Å². The zero-order valence-electron chi connectivity index (χ0n) is 14.5. The van der Waals surface area contributed by atoms with Crippen molar-refractivity contribution in [3.05, 3.63) is 40.6 Å². The topological polar surface area (TPSA) is 71.0 Å². The van der Waals surface area contributed by atoms with Gasteiger partial charge in [0.2, 0.25) is 5.91 Å². The van der Waals surface area contributed by atoms with Gasteiger partial charge in [0.1, 0.15) is 16.1 Å². The fourth-order valence-corrected chi connectivity index (χ4v) is 5.29. The second-order valence-electron chi connectivity index (χ2n) is 6.18. The summed E-state index contributed by atoms with van der Waals surface area (Å²) in [5.74, 6) is 0.292. The highest BCUT2D eigenvalue weighted by Crippen LogP contribution is 2.34. The summed E-state index contributed by atoms with van der Waals surface area (Å²) in [6.45, 7) is 2.60. The van der Waals surface area contributed by atoms with Crippen molar-refractivity contribution >= 4 is 60.4 Å². The van der Waals surface area contributed by atoms with E-state index >= 15 is 0 Å². The largest absolute Gasteiger partial charge is 0.351 e. The fourth-order valence-electron chi connectivity index (χ4n) is 2.89. The van der Waals surface area contributed by atoms with E-state index in [-0.39, 0.29) is 5.91 Å². The first-order valence-corrected chi connectivity index (χ1v) is 11.3. The average molecular weight is 464 g/mol. The van der Waals surface area contributed by atoms with Crippen LogP contribution in [-0.2, 0) is 11.3 Å². The summed E-state index contributed by atoms with van der Waals surface area (Å²) < 4.78 is 1.96. The molecule has 1 aromatic carbocycles. The van der Waals surface area contributed by atoms with Crippen molar-refractivity contribution in [2.24, 2.45) is 0 Å².